The Morgan fingerprint density at radius 2 is 1.72 bits per heavy atom. The fraction of sp³-hybridized carbons (Fsp3) is 0.0952. The number of aryl methyl sites for hydroxylation is 1. The fourth-order valence-corrected chi connectivity index (χ4v) is 2.69. The van der Waals surface area contributed by atoms with Gasteiger partial charge in [0, 0.05) is 15.7 Å². The molecule has 0 radical (unpaired) electrons. The second-order valence-corrected chi connectivity index (χ2v) is 6.57. The van der Waals surface area contributed by atoms with Gasteiger partial charge in [0.25, 0.3) is 5.91 Å². The quantitative estimate of drug-likeness (QED) is 0.611. The first kappa shape index (κ1) is 17.2. The van der Waals surface area contributed by atoms with Crippen molar-refractivity contribution >= 4 is 27.5 Å². The van der Waals surface area contributed by atoms with Gasteiger partial charge in [-0.25, -0.2) is 0 Å². The minimum Gasteiger partial charge on any atom is -0.489 e. The average molecular weight is 396 g/mol. The minimum atomic E-state index is -0.140. The van der Waals surface area contributed by atoms with Crippen LogP contribution in [0.25, 0.3) is 0 Å². The normalized spacial score (nSPS) is 10.3. The number of anilines is 1. The zero-order valence-electron chi connectivity index (χ0n) is 13.8. The molecule has 0 unspecified atom stereocenters. The molecule has 3 rings (SSSR count). The lowest BCUT2D eigenvalue weighted by molar-refractivity contribution is 0.102. The Kier molecular flexibility index (Phi) is 5.51. The van der Waals surface area contributed by atoms with E-state index in [2.05, 4.69) is 21.2 Å². The maximum absolute atomic E-state index is 12.3. The molecule has 3 aromatic carbocycles. The molecule has 0 aromatic heterocycles. The third kappa shape index (κ3) is 4.70. The highest BCUT2D eigenvalue weighted by Crippen LogP contribution is 2.20. The summed E-state index contributed by atoms with van der Waals surface area (Å²) in [6, 6.07) is 22.9. The molecule has 0 bridgehead atoms. The Morgan fingerprint density at radius 3 is 2.40 bits per heavy atom. The van der Waals surface area contributed by atoms with Crippen LogP contribution in [-0.2, 0) is 6.61 Å². The number of halogens is 1. The average Bonchev–Trinajstić information content (AvgIpc) is 2.64. The third-order valence-corrected chi connectivity index (χ3v) is 4.65. The smallest absolute Gasteiger partial charge is 0.255 e. The Morgan fingerprint density at radius 1 is 1.00 bits per heavy atom. The van der Waals surface area contributed by atoms with Gasteiger partial charge in [-0.15, -0.1) is 0 Å². The largest absolute Gasteiger partial charge is 0.489 e. The number of nitrogens with one attached hydrogen (secondary N) is 1. The molecule has 126 valence electrons. The highest BCUT2D eigenvalue weighted by atomic mass is 79.9. The van der Waals surface area contributed by atoms with Gasteiger partial charge in [0.15, 0.2) is 0 Å². The zero-order valence-corrected chi connectivity index (χ0v) is 15.4. The molecule has 0 aliphatic rings. The Balaban J connectivity index is 1.60. The monoisotopic (exact) mass is 395 g/mol. The van der Waals surface area contributed by atoms with Gasteiger partial charge in [0.2, 0.25) is 0 Å². The summed E-state index contributed by atoms with van der Waals surface area (Å²) in [6.07, 6.45) is 0. The van der Waals surface area contributed by atoms with Crippen LogP contribution in [0.1, 0.15) is 21.5 Å². The molecule has 0 saturated heterocycles. The molecular formula is C21H18BrNO2. The number of hydrogen-bond acceptors (Lipinski definition) is 2. The highest BCUT2D eigenvalue weighted by Gasteiger charge is 2.08. The number of benzene rings is 3. The van der Waals surface area contributed by atoms with Crippen molar-refractivity contribution in [3.63, 3.8) is 0 Å². The number of ether oxygens (including phenoxy) is 1. The van der Waals surface area contributed by atoms with Crippen LogP contribution in [0.5, 0.6) is 5.75 Å². The molecule has 3 nitrogen and oxygen atoms in total. The summed E-state index contributed by atoms with van der Waals surface area (Å²) in [5, 5.41) is 2.89. The van der Waals surface area contributed by atoms with Crippen molar-refractivity contribution in [2.45, 2.75) is 13.5 Å². The first-order valence-corrected chi connectivity index (χ1v) is 8.75. The van der Waals surface area contributed by atoms with Gasteiger partial charge in [-0.3, -0.25) is 4.79 Å². The first-order valence-electron chi connectivity index (χ1n) is 7.96. The molecule has 0 heterocycles. The summed E-state index contributed by atoms with van der Waals surface area (Å²) in [6.45, 7) is 2.50. The SMILES string of the molecule is Cc1ccc(C(=O)Nc2ccc(OCc3ccccc3)cc2)cc1Br. The molecular weight excluding hydrogens is 378 g/mol. The van der Waals surface area contributed by atoms with Crippen LogP contribution in [-0.4, -0.2) is 5.91 Å². The van der Waals surface area contributed by atoms with Gasteiger partial charge in [0.05, 0.1) is 0 Å². The number of carbonyl (C=O) groups is 1. The van der Waals surface area contributed by atoms with Crippen LogP contribution in [0.2, 0.25) is 0 Å². The highest BCUT2D eigenvalue weighted by molar-refractivity contribution is 9.10. The summed E-state index contributed by atoms with van der Waals surface area (Å²) < 4.78 is 6.67. The third-order valence-electron chi connectivity index (χ3n) is 3.79. The molecule has 0 fully saturated rings. The molecule has 4 heteroatoms. The van der Waals surface area contributed by atoms with Crippen LogP contribution < -0.4 is 10.1 Å². The van der Waals surface area contributed by atoms with E-state index in [1.165, 1.54) is 0 Å². The summed E-state index contributed by atoms with van der Waals surface area (Å²) in [5.41, 5.74) is 3.55. The summed E-state index contributed by atoms with van der Waals surface area (Å²) in [4.78, 5) is 12.3. The van der Waals surface area contributed by atoms with Crippen LogP contribution >= 0.6 is 15.9 Å². The van der Waals surface area contributed by atoms with E-state index < -0.39 is 0 Å². The van der Waals surface area contributed by atoms with E-state index in [1.54, 1.807) is 0 Å². The standard InChI is InChI=1S/C21H18BrNO2/c1-15-7-8-17(13-20(15)22)21(24)23-18-9-11-19(12-10-18)25-14-16-5-3-2-4-6-16/h2-13H,14H2,1H3,(H,23,24). The van der Waals surface area contributed by atoms with Gasteiger partial charge in [-0.1, -0.05) is 52.3 Å². The van der Waals surface area contributed by atoms with Gasteiger partial charge >= 0.3 is 0 Å². The van der Waals surface area contributed by atoms with Crippen molar-refractivity contribution in [1.82, 2.24) is 0 Å². The van der Waals surface area contributed by atoms with Crippen molar-refractivity contribution in [3.8, 4) is 5.75 Å². The van der Waals surface area contributed by atoms with Crippen molar-refractivity contribution in [2.24, 2.45) is 0 Å². The van der Waals surface area contributed by atoms with Gasteiger partial charge in [-0.05, 0) is 54.4 Å². The molecule has 0 aliphatic carbocycles. The van der Waals surface area contributed by atoms with Crippen molar-refractivity contribution in [3.05, 3.63) is 94.0 Å². The van der Waals surface area contributed by atoms with Crippen LogP contribution in [0.15, 0.2) is 77.3 Å². The summed E-state index contributed by atoms with van der Waals surface area (Å²) >= 11 is 3.45. The lowest BCUT2D eigenvalue weighted by Crippen LogP contribution is -2.11. The molecule has 1 amide bonds. The van der Waals surface area contributed by atoms with Crippen molar-refractivity contribution < 1.29 is 9.53 Å². The van der Waals surface area contributed by atoms with E-state index in [0.29, 0.717) is 12.2 Å². The van der Waals surface area contributed by atoms with Crippen molar-refractivity contribution in [2.75, 3.05) is 5.32 Å². The molecule has 3 aromatic rings. The lowest BCUT2D eigenvalue weighted by Gasteiger charge is -2.09. The van der Waals surface area contributed by atoms with Gasteiger partial charge < -0.3 is 10.1 Å². The minimum absolute atomic E-state index is 0.140. The lowest BCUT2D eigenvalue weighted by atomic mass is 10.1. The number of hydrogen-bond donors (Lipinski definition) is 1. The van der Waals surface area contributed by atoms with Gasteiger partial charge in [0.1, 0.15) is 12.4 Å². The Labute approximate surface area is 155 Å². The van der Waals surface area contributed by atoms with Crippen LogP contribution in [0.4, 0.5) is 5.69 Å². The molecule has 25 heavy (non-hydrogen) atoms. The van der Waals surface area contributed by atoms with Crippen LogP contribution in [0, 0.1) is 6.92 Å². The summed E-state index contributed by atoms with van der Waals surface area (Å²) in [7, 11) is 0. The molecule has 0 spiro atoms. The molecule has 0 aliphatic heterocycles. The van der Waals surface area contributed by atoms with E-state index in [9.17, 15) is 4.79 Å². The van der Waals surface area contributed by atoms with Crippen LogP contribution in [0.3, 0.4) is 0 Å². The van der Waals surface area contributed by atoms with E-state index in [4.69, 9.17) is 4.74 Å². The Hall–Kier alpha value is -2.59. The second kappa shape index (κ2) is 7.99. The maximum Gasteiger partial charge on any atom is 0.255 e. The van der Waals surface area contributed by atoms with Gasteiger partial charge in [-0.2, -0.15) is 0 Å². The fourth-order valence-electron chi connectivity index (χ4n) is 2.31. The van der Waals surface area contributed by atoms with E-state index in [-0.39, 0.29) is 5.91 Å². The first-order chi connectivity index (χ1) is 12.1. The molecule has 0 saturated carbocycles. The molecule has 1 N–H and O–H groups in total. The number of rotatable bonds is 5. The van der Waals surface area contributed by atoms with E-state index >= 15 is 0 Å². The topological polar surface area (TPSA) is 38.3 Å². The number of carbonyl (C=O) groups excluding carboxylic acids is 1. The molecule has 0 atom stereocenters. The predicted molar refractivity (Wildman–Crippen MR) is 104 cm³/mol. The summed E-state index contributed by atoms with van der Waals surface area (Å²) in [5.74, 6) is 0.624. The van der Waals surface area contributed by atoms with E-state index in [0.717, 1.165) is 27.0 Å². The number of amides is 1. The van der Waals surface area contributed by atoms with E-state index in [1.807, 2.05) is 79.7 Å². The maximum atomic E-state index is 12.3. The Bertz CT molecular complexity index is 861. The zero-order chi connectivity index (χ0) is 17.6. The predicted octanol–water partition coefficient (Wildman–Crippen LogP) is 5.59. The second-order valence-electron chi connectivity index (χ2n) is 5.72. The van der Waals surface area contributed by atoms with Crippen molar-refractivity contribution in [1.29, 1.82) is 0 Å².